The number of carbonyl (C=O) groups is 1. The topological polar surface area (TPSA) is 86.5 Å². The van der Waals surface area contributed by atoms with Crippen LogP contribution in [-0.2, 0) is 11.2 Å². The van der Waals surface area contributed by atoms with Gasteiger partial charge in [-0.2, -0.15) is 0 Å². The molecule has 0 aliphatic carbocycles. The average Bonchev–Trinajstić information content (AvgIpc) is 3.16. The summed E-state index contributed by atoms with van der Waals surface area (Å²) in [4.78, 5) is 13.3. The maximum Gasteiger partial charge on any atom is 0.322 e. The van der Waals surface area contributed by atoms with E-state index in [1.54, 1.807) is 30.0 Å². The van der Waals surface area contributed by atoms with Crippen LogP contribution in [0.4, 0.5) is 6.01 Å². The maximum absolute atomic E-state index is 12.2. The summed E-state index contributed by atoms with van der Waals surface area (Å²) in [6.07, 6.45) is 2.24. The Labute approximate surface area is 160 Å². The SMILES string of the molecule is CSc1ccc(CC(=O)Nc2nnc(-c3ccc4c(c3)OCCO4)o2)cc1. The Morgan fingerprint density at radius 2 is 1.85 bits per heavy atom. The van der Waals surface area contributed by atoms with Crippen molar-refractivity contribution in [1.29, 1.82) is 0 Å². The minimum absolute atomic E-state index is 0.0608. The van der Waals surface area contributed by atoms with Gasteiger partial charge >= 0.3 is 6.01 Å². The normalized spacial score (nSPS) is 12.6. The molecular weight excluding hydrogens is 366 g/mol. The van der Waals surface area contributed by atoms with E-state index in [1.165, 1.54) is 0 Å². The summed E-state index contributed by atoms with van der Waals surface area (Å²) < 4.78 is 16.6. The van der Waals surface area contributed by atoms with Gasteiger partial charge in [-0.3, -0.25) is 10.1 Å². The van der Waals surface area contributed by atoms with E-state index in [1.807, 2.05) is 30.5 Å². The van der Waals surface area contributed by atoms with E-state index in [0.717, 1.165) is 10.5 Å². The van der Waals surface area contributed by atoms with E-state index < -0.39 is 0 Å². The quantitative estimate of drug-likeness (QED) is 0.676. The third-order valence-corrected chi connectivity index (χ3v) is 4.73. The Morgan fingerprint density at radius 1 is 1.07 bits per heavy atom. The van der Waals surface area contributed by atoms with Gasteiger partial charge in [0.05, 0.1) is 6.42 Å². The predicted molar refractivity (Wildman–Crippen MR) is 101 cm³/mol. The number of aromatic nitrogens is 2. The molecule has 0 bridgehead atoms. The molecule has 1 amide bonds. The van der Waals surface area contributed by atoms with Gasteiger partial charge in [0.1, 0.15) is 13.2 Å². The number of hydrogen-bond donors (Lipinski definition) is 1. The number of rotatable bonds is 5. The summed E-state index contributed by atoms with van der Waals surface area (Å²) in [5, 5.41) is 10.5. The van der Waals surface area contributed by atoms with Gasteiger partial charge in [-0.05, 0) is 42.2 Å². The number of anilines is 1. The first-order chi connectivity index (χ1) is 13.2. The van der Waals surface area contributed by atoms with E-state index in [2.05, 4.69) is 15.5 Å². The maximum atomic E-state index is 12.2. The van der Waals surface area contributed by atoms with Crippen molar-refractivity contribution in [2.75, 3.05) is 24.8 Å². The molecule has 8 heteroatoms. The molecule has 0 unspecified atom stereocenters. The smallest absolute Gasteiger partial charge is 0.322 e. The molecule has 27 heavy (non-hydrogen) atoms. The predicted octanol–water partition coefficient (Wildman–Crippen LogP) is 3.41. The number of benzene rings is 2. The number of thioether (sulfide) groups is 1. The number of carbonyl (C=O) groups excluding carboxylic acids is 1. The van der Waals surface area contributed by atoms with E-state index >= 15 is 0 Å². The Bertz CT molecular complexity index is 956. The second kappa shape index (κ2) is 7.71. The highest BCUT2D eigenvalue weighted by molar-refractivity contribution is 7.98. The summed E-state index contributed by atoms with van der Waals surface area (Å²) >= 11 is 1.66. The van der Waals surface area contributed by atoms with Gasteiger partial charge in [-0.25, -0.2) is 0 Å². The van der Waals surface area contributed by atoms with Crippen molar-refractivity contribution in [3.63, 3.8) is 0 Å². The van der Waals surface area contributed by atoms with Crippen LogP contribution in [0.3, 0.4) is 0 Å². The standard InChI is InChI=1S/C19H17N3O4S/c1-27-14-5-2-12(3-6-14)10-17(23)20-19-22-21-18(26-19)13-4-7-15-16(11-13)25-9-8-24-15/h2-7,11H,8-10H2,1H3,(H,20,22,23). The van der Waals surface area contributed by atoms with E-state index in [0.29, 0.717) is 36.2 Å². The number of nitrogens with one attached hydrogen (secondary N) is 1. The highest BCUT2D eigenvalue weighted by Gasteiger charge is 2.16. The van der Waals surface area contributed by atoms with Gasteiger partial charge in [0.2, 0.25) is 11.8 Å². The second-order valence-electron chi connectivity index (χ2n) is 5.84. The lowest BCUT2D eigenvalue weighted by molar-refractivity contribution is -0.115. The summed E-state index contributed by atoms with van der Waals surface area (Å²) in [5.41, 5.74) is 1.61. The van der Waals surface area contributed by atoms with Crippen LogP contribution in [0.25, 0.3) is 11.5 Å². The Morgan fingerprint density at radius 3 is 2.63 bits per heavy atom. The number of amides is 1. The number of hydrogen-bond acceptors (Lipinski definition) is 7. The average molecular weight is 383 g/mol. The zero-order chi connectivity index (χ0) is 18.6. The van der Waals surface area contributed by atoms with Crippen LogP contribution >= 0.6 is 11.8 Å². The monoisotopic (exact) mass is 383 g/mol. The molecule has 0 saturated heterocycles. The first-order valence-corrected chi connectivity index (χ1v) is 9.60. The zero-order valence-corrected chi connectivity index (χ0v) is 15.4. The molecule has 2 heterocycles. The molecule has 4 rings (SSSR count). The van der Waals surface area contributed by atoms with Crippen LogP contribution < -0.4 is 14.8 Å². The molecule has 0 fully saturated rings. The Balaban J connectivity index is 1.42. The zero-order valence-electron chi connectivity index (χ0n) is 14.6. The highest BCUT2D eigenvalue weighted by Crippen LogP contribution is 2.34. The third kappa shape index (κ3) is 4.06. The summed E-state index contributed by atoms with van der Waals surface area (Å²) in [6.45, 7) is 1.03. The lowest BCUT2D eigenvalue weighted by Gasteiger charge is -2.18. The van der Waals surface area contributed by atoms with E-state index in [9.17, 15) is 4.79 Å². The Hall–Kier alpha value is -3.00. The fourth-order valence-electron chi connectivity index (χ4n) is 2.66. The second-order valence-corrected chi connectivity index (χ2v) is 6.72. The van der Waals surface area contributed by atoms with Crippen LogP contribution in [0.2, 0.25) is 0 Å². The lowest BCUT2D eigenvalue weighted by Crippen LogP contribution is -2.15. The molecule has 0 saturated carbocycles. The van der Waals surface area contributed by atoms with Crippen molar-refractivity contribution in [1.82, 2.24) is 10.2 Å². The molecule has 0 radical (unpaired) electrons. The first kappa shape index (κ1) is 17.4. The molecule has 138 valence electrons. The molecule has 1 aliphatic heterocycles. The fraction of sp³-hybridized carbons (Fsp3) is 0.211. The van der Waals surface area contributed by atoms with Gasteiger partial charge in [0, 0.05) is 10.5 Å². The molecular formula is C19H17N3O4S. The lowest BCUT2D eigenvalue weighted by atomic mass is 10.1. The molecule has 1 aliphatic rings. The molecule has 0 atom stereocenters. The summed E-state index contributed by atoms with van der Waals surface area (Å²) in [5.74, 6) is 1.40. The van der Waals surface area contributed by atoms with Crippen LogP contribution in [0.15, 0.2) is 51.8 Å². The van der Waals surface area contributed by atoms with Crippen LogP contribution in [0.5, 0.6) is 11.5 Å². The van der Waals surface area contributed by atoms with Crippen molar-refractivity contribution >= 4 is 23.7 Å². The Kier molecular flexibility index (Phi) is 4.97. The summed E-state index contributed by atoms with van der Waals surface area (Å²) in [7, 11) is 0. The molecule has 7 nitrogen and oxygen atoms in total. The third-order valence-electron chi connectivity index (χ3n) is 3.98. The van der Waals surface area contributed by atoms with Gasteiger partial charge in [0.15, 0.2) is 11.5 Å². The highest BCUT2D eigenvalue weighted by atomic mass is 32.2. The van der Waals surface area contributed by atoms with Gasteiger partial charge < -0.3 is 13.9 Å². The number of fused-ring (bicyclic) bond motifs is 1. The molecule has 1 aromatic heterocycles. The van der Waals surface area contributed by atoms with Gasteiger partial charge in [0.25, 0.3) is 0 Å². The molecule has 1 N–H and O–H groups in total. The van der Waals surface area contributed by atoms with Crippen LogP contribution in [0.1, 0.15) is 5.56 Å². The fourth-order valence-corrected chi connectivity index (χ4v) is 3.07. The number of nitrogens with zero attached hydrogens (tertiary/aromatic N) is 2. The minimum atomic E-state index is -0.218. The van der Waals surface area contributed by atoms with Gasteiger partial charge in [-0.1, -0.05) is 17.2 Å². The number of ether oxygens (including phenoxy) is 2. The van der Waals surface area contributed by atoms with E-state index in [4.69, 9.17) is 13.9 Å². The van der Waals surface area contributed by atoms with Crippen LogP contribution in [-0.4, -0.2) is 35.6 Å². The largest absolute Gasteiger partial charge is 0.486 e. The van der Waals surface area contributed by atoms with Crippen molar-refractivity contribution in [3.05, 3.63) is 48.0 Å². The molecule has 0 spiro atoms. The van der Waals surface area contributed by atoms with E-state index in [-0.39, 0.29) is 18.3 Å². The summed E-state index contributed by atoms with van der Waals surface area (Å²) in [6, 6.07) is 13.3. The minimum Gasteiger partial charge on any atom is -0.486 e. The first-order valence-electron chi connectivity index (χ1n) is 8.37. The van der Waals surface area contributed by atoms with Crippen molar-refractivity contribution in [3.8, 4) is 23.0 Å². The molecule has 3 aromatic rings. The van der Waals surface area contributed by atoms with Crippen molar-refractivity contribution in [2.45, 2.75) is 11.3 Å². The van der Waals surface area contributed by atoms with Crippen molar-refractivity contribution < 1.29 is 18.7 Å². The molecule has 2 aromatic carbocycles. The van der Waals surface area contributed by atoms with Crippen molar-refractivity contribution in [2.24, 2.45) is 0 Å². The van der Waals surface area contributed by atoms with Crippen LogP contribution in [0, 0.1) is 0 Å². The van der Waals surface area contributed by atoms with Gasteiger partial charge in [-0.15, -0.1) is 16.9 Å².